The van der Waals surface area contributed by atoms with Crippen molar-refractivity contribution >= 4 is 39.6 Å². The summed E-state index contributed by atoms with van der Waals surface area (Å²) in [5.41, 5.74) is 0.464. The number of nitro benzene ring substituents is 1. The Morgan fingerprint density at radius 1 is 1.16 bits per heavy atom. The summed E-state index contributed by atoms with van der Waals surface area (Å²) < 4.78 is 5.17. The summed E-state index contributed by atoms with van der Waals surface area (Å²) in [7, 11) is 1.52. The van der Waals surface area contributed by atoms with E-state index >= 15 is 0 Å². The van der Waals surface area contributed by atoms with Gasteiger partial charge in [-0.25, -0.2) is 4.98 Å². The number of aliphatic hydroxyl groups is 1. The highest BCUT2D eigenvalue weighted by Gasteiger charge is 2.48. The molecule has 0 spiro atoms. The normalized spacial score (nSPS) is 17.7. The molecule has 156 valence electrons. The molecule has 2 heterocycles. The molecule has 1 saturated heterocycles. The van der Waals surface area contributed by atoms with Gasteiger partial charge in [-0.15, -0.1) is 11.3 Å². The van der Waals surface area contributed by atoms with Gasteiger partial charge in [0.05, 0.1) is 23.6 Å². The summed E-state index contributed by atoms with van der Waals surface area (Å²) in [5.74, 6) is -1.52. The molecule has 0 aliphatic carbocycles. The Morgan fingerprint density at radius 2 is 1.84 bits per heavy atom. The first-order valence-corrected chi connectivity index (χ1v) is 9.89. The number of ketones is 1. The van der Waals surface area contributed by atoms with Crippen LogP contribution in [-0.4, -0.2) is 33.8 Å². The highest BCUT2D eigenvalue weighted by atomic mass is 32.1. The molecule has 2 aromatic carbocycles. The van der Waals surface area contributed by atoms with Crippen LogP contribution in [0.25, 0.3) is 5.76 Å². The molecule has 1 aromatic heterocycles. The minimum absolute atomic E-state index is 0.126. The Labute approximate surface area is 180 Å². The number of amides is 1. The van der Waals surface area contributed by atoms with Crippen molar-refractivity contribution in [3.63, 3.8) is 0 Å². The van der Waals surface area contributed by atoms with Crippen LogP contribution in [0.5, 0.6) is 5.75 Å². The zero-order valence-electron chi connectivity index (χ0n) is 16.1. The van der Waals surface area contributed by atoms with Gasteiger partial charge in [0.1, 0.15) is 11.5 Å². The number of thiazole rings is 1. The van der Waals surface area contributed by atoms with Gasteiger partial charge in [0.2, 0.25) is 0 Å². The highest BCUT2D eigenvalue weighted by Crippen LogP contribution is 2.43. The third-order valence-corrected chi connectivity index (χ3v) is 5.62. The van der Waals surface area contributed by atoms with Gasteiger partial charge >= 0.3 is 5.91 Å². The third-order valence-electron chi connectivity index (χ3n) is 4.85. The van der Waals surface area contributed by atoms with E-state index in [1.165, 1.54) is 53.8 Å². The largest absolute Gasteiger partial charge is 0.507 e. The number of aromatic nitrogens is 1. The minimum atomic E-state index is -0.924. The average Bonchev–Trinajstić information content (AvgIpc) is 3.40. The van der Waals surface area contributed by atoms with Gasteiger partial charge in [-0.2, -0.15) is 0 Å². The van der Waals surface area contributed by atoms with Crippen molar-refractivity contribution < 1.29 is 24.4 Å². The van der Waals surface area contributed by atoms with Crippen LogP contribution >= 0.6 is 11.3 Å². The molecule has 0 bridgehead atoms. The average molecular weight is 437 g/mol. The van der Waals surface area contributed by atoms with Gasteiger partial charge in [-0.05, 0) is 29.8 Å². The second-order valence-corrected chi connectivity index (χ2v) is 7.43. The van der Waals surface area contributed by atoms with Crippen LogP contribution in [0.15, 0.2) is 65.7 Å². The smallest absolute Gasteiger partial charge is 0.301 e. The number of rotatable bonds is 5. The number of carbonyl (C=O) groups excluding carboxylic acids is 2. The molecular formula is C21H15N3O6S. The fraction of sp³-hybridized carbons (Fsp3) is 0.0952. The van der Waals surface area contributed by atoms with E-state index in [-0.39, 0.29) is 16.8 Å². The Morgan fingerprint density at radius 3 is 2.39 bits per heavy atom. The standard InChI is InChI=1S/C21H15N3O6S/c1-30-15-8-4-12(5-9-15)17-16(18(25)13-2-6-14(7-3-13)24(28)29)19(26)20(27)23(17)21-22-10-11-31-21/h2-11,17,25H,1H3/b18-16+/t17-/m0/s1. The maximum absolute atomic E-state index is 12.9. The second kappa shape index (κ2) is 8.00. The van der Waals surface area contributed by atoms with Gasteiger partial charge in [-0.1, -0.05) is 12.1 Å². The fourth-order valence-electron chi connectivity index (χ4n) is 3.36. The van der Waals surface area contributed by atoms with Crippen LogP contribution in [-0.2, 0) is 9.59 Å². The number of nitrogens with zero attached hydrogens (tertiary/aromatic N) is 3. The molecule has 1 aliphatic rings. The van der Waals surface area contributed by atoms with Crippen molar-refractivity contribution in [1.29, 1.82) is 0 Å². The van der Waals surface area contributed by atoms with E-state index < -0.39 is 28.4 Å². The molecule has 1 fully saturated rings. The monoisotopic (exact) mass is 437 g/mol. The van der Waals surface area contributed by atoms with Crippen LogP contribution < -0.4 is 9.64 Å². The number of non-ortho nitro benzene ring substituents is 1. The SMILES string of the molecule is COc1ccc([C@H]2/C(=C(\O)c3ccc([N+](=O)[O-])cc3)C(=O)C(=O)N2c2nccs2)cc1. The first-order valence-electron chi connectivity index (χ1n) is 9.01. The maximum Gasteiger partial charge on any atom is 0.301 e. The van der Waals surface area contributed by atoms with Gasteiger partial charge in [0.15, 0.2) is 5.13 Å². The molecule has 3 aromatic rings. The lowest BCUT2D eigenvalue weighted by Crippen LogP contribution is -2.29. The number of aliphatic hydroxyl groups excluding tert-OH is 1. The molecule has 31 heavy (non-hydrogen) atoms. The summed E-state index contributed by atoms with van der Waals surface area (Å²) in [6.45, 7) is 0. The van der Waals surface area contributed by atoms with E-state index in [9.17, 15) is 24.8 Å². The molecule has 1 aliphatic heterocycles. The van der Waals surface area contributed by atoms with Crippen molar-refractivity contribution in [3.05, 3.63) is 86.9 Å². The lowest BCUT2D eigenvalue weighted by Gasteiger charge is -2.23. The fourth-order valence-corrected chi connectivity index (χ4v) is 4.03. The summed E-state index contributed by atoms with van der Waals surface area (Å²) in [6, 6.07) is 10.9. The van der Waals surface area contributed by atoms with E-state index in [2.05, 4.69) is 4.98 Å². The quantitative estimate of drug-likeness (QED) is 0.212. The Kier molecular flexibility index (Phi) is 5.22. The lowest BCUT2D eigenvalue weighted by atomic mass is 9.95. The van der Waals surface area contributed by atoms with Crippen LogP contribution in [0.3, 0.4) is 0 Å². The van der Waals surface area contributed by atoms with Crippen molar-refractivity contribution in [1.82, 2.24) is 4.98 Å². The van der Waals surface area contributed by atoms with Crippen LogP contribution in [0.4, 0.5) is 10.8 Å². The predicted octanol–water partition coefficient (Wildman–Crippen LogP) is 3.69. The van der Waals surface area contributed by atoms with E-state index in [1.807, 2.05) is 0 Å². The number of methoxy groups -OCH3 is 1. The van der Waals surface area contributed by atoms with Gasteiger partial charge < -0.3 is 9.84 Å². The Hall–Kier alpha value is -4.05. The van der Waals surface area contributed by atoms with Crippen LogP contribution in [0, 0.1) is 10.1 Å². The zero-order chi connectivity index (χ0) is 22.1. The number of hydrogen-bond donors (Lipinski definition) is 1. The second-order valence-electron chi connectivity index (χ2n) is 6.56. The minimum Gasteiger partial charge on any atom is -0.507 e. The van der Waals surface area contributed by atoms with Gasteiger partial charge in [0, 0.05) is 29.3 Å². The van der Waals surface area contributed by atoms with Crippen LogP contribution in [0.1, 0.15) is 17.2 Å². The predicted molar refractivity (Wildman–Crippen MR) is 113 cm³/mol. The van der Waals surface area contributed by atoms with Gasteiger partial charge in [-0.3, -0.25) is 24.6 Å². The summed E-state index contributed by atoms with van der Waals surface area (Å²) in [6.07, 6.45) is 1.51. The van der Waals surface area contributed by atoms with Crippen molar-refractivity contribution in [3.8, 4) is 5.75 Å². The van der Waals surface area contributed by atoms with Crippen molar-refractivity contribution in [2.75, 3.05) is 12.0 Å². The molecular weight excluding hydrogens is 422 g/mol. The molecule has 10 heteroatoms. The third kappa shape index (κ3) is 3.53. The van der Waals surface area contributed by atoms with Gasteiger partial charge in [0.25, 0.3) is 11.5 Å². The zero-order valence-corrected chi connectivity index (χ0v) is 16.9. The molecule has 1 atom stereocenters. The Balaban J connectivity index is 1.88. The molecule has 0 radical (unpaired) electrons. The molecule has 0 unspecified atom stereocenters. The van der Waals surface area contributed by atoms with E-state index in [1.54, 1.807) is 29.6 Å². The molecule has 9 nitrogen and oxygen atoms in total. The van der Waals surface area contributed by atoms with E-state index in [0.29, 0.717) is 16.4 Å². The van der Waals surface area contributed by atoms with Crippen LogP contribution in [0.2, 0.25) is 0 Å². The number of anilines is 1. The first-order chi connectivity index (χ1) is 14.9. The van der Waals surface area contributed by atoms with E-state index in [0.717, 1.165) is 0 Å². The number of benzene rings is 2. The van der Waals surface area contributed by atoms with E-state index in [4.69, 9.17) is 4.74 Å². The highest BCUT2D eigenvalue weighted by molar-refractivity contribution is 7.14. The summed E-state index contributed by atoms with van der Waals surface area (Å²) in [4.78, 5) is 41.6. The Bertz CT molecular complexity index is 1190. The summed E-state index contributed by atoms with van der Waals surface area (Å²) >= 11 is 1.18. The van der Waals surface area contributed by atoms with Crippen molar-refractivity contribution in [2.45, 2.75) is 6.04 Å². The number of carbonyl (C=O) groups is 2. The molecule has 1 N–H and O–H groups in total. The molecule has 1 amide bonds. The van der Waals surface area contributed by atoms with Crippen molar-refractivity contribution in [2.24, 2.45) is 0 Å². The lowest BCUT2D eigenvalue weighted by molar-refractivity contribution is -0.384. The number of hydrogen-bond acceptors (Lipinski definition) is 8. The number of ether oxygens (including phenoxy) is 1. The molecule has 0 saturated carbocycles. The topological polar surface area (TPSA) is 123 Å². The first kappa shape index (κ1) is 20.2. The number of nitro groups is 1. The number of Topliss-reactive ketones (excluding diaryl/α,β-unsaturated/α-hetero) is 1. The molecule has 4 rings (SSSR count). The maximum atomic E-state index is 12.9. The summed E-state index contributed by atoms with van der Waals surface area (Å²) in [5, 5.41) is 23.8.